The van der Waals surface area contributed by atoms with Crippen LogP contribution in [0.15, 0.2) is 42.5 Å². The minimum absolute atomic E-state index is 0.0664. The number of alkyl halides is 3. The molecular formula is C36H48F3N3O5. The molecule has 2 atom stereocenters. The Labute approximate surface area is 275 Å². The fraction of sp³-hybridized carbons (Fsp3) is 0.583. The maximum absolute atomic E-state index is 13.5. The molecule has 47 heavy (non-hydrogen) atoms. The Morgan fingerprint density at radius 2 is 1.74 bits per heavy atom. The average Bonchev–Trinajstić information content (AvgIpc) is 3.67. The molecule has 0 bridgehead atoms. The van der Waals surface area contributed by atoms with Crippen LogP contribution in [0, 0.1) is 0 Å². The zero-order valence-corrected chi connectivity index (χ0v) is 28.5. The van der Waals surface area contributed by atoms with E-state index in [1.165, 1.54) is 11.6 Å². The van der Waals surface area contributed by atoms with Gasteiger partial charge in [-0.05, 0) is 86.6 Å². The number of carbonyl (C=O) groups excluding carboxylic acids is 3. The molecule has 1 aliphatic heterocycles. The molecule has 4 rings (SSSR count). The van der Waals surface area contributed by atoms with Crippen LogP contribution in [-0.4, -0.2) is 53.5 Å². The monoisotopic (exact) mass is 659 g/mol. The minimum Gasteiger partial charge on any atom is -0.444 e. The molecule has 8 nitrogen and oxygen atoms in total. The normalized spacial score (nSPS) is 18.4. The molecule has 3 amide bonds. The Hall–Kier alpha value is -3.76. The average molecular weight is 660 g/mol. The lowest BCUT2D eigenvalue weighted by atomic mass is 9.85. The number of aryl methyl sites for hydroxylation is 1. The van der Waals surface area contributed by atoms with Crippen LogP contribution in [0.5, 0.6) is 0 Å². The summed E-state index contributed by atoms with van der Waals surface area (Å²) < 4.78 is 50.7. The molecule has 258 valence electrons. The van der Waals surface area contributed by atoms with E-state index in [9.17, 15) is 27.6 Å². The first-order valence-electron chi connectivity index (χ1n) is 16.4. The molecule has 11 heteroatoms. The van der Waals surface area contributed by atoms with Gasteiger partial charge in [0.15, 0.2) is 0 Å². The predicted octanol–water partition coefficient (Wildman–Crippen LogP) is 8.16. The summed E-state index contributed by atoms with van der Waals surface area (Å²) in [5.41, 5.74) is 2.24. The molecule has 2 aliphatic rings. The fourth-order valence-electron chi connectivity index (χ4n) is 6.00. The van der Waals surface area contributed by atoms with Gasteiger partial charge in [-0.25, -0.2) is 9.59 Å². The summed E-state index contributed by atoms with van der Waals surface area (Å²) in [5.74, 6) is -2.04. The zero-order chi connectivity index (χ0) is 34.8. The van der Waals surface area contributed by atoms with E-state index in [1.807, 2.05) is 24.4 Å². The number of cyclic esters (lactones) is 1. The van der Waals surface area contributed by atoms with Gasteiger partial charge in [-0.15, -0.1) is 0 Å². The number of amides is 3. The molecule has 2 aromatic rings. The van der Waals surface area contributed by atoms with E-state index in [4.69, 9.17) is 9.47 Å². The van der Waals surface area contributed by atoms with E-state index >= 15 is 0 Å². The fourth-order valence-corrected chi connectivity index (χ4v) is 6.00. The van der Waals surface area contributed by atoms with Gasteiger partial charge in [0.05, 0.1) is 18.1 Å². The molecule has 2 unspecified atom stereocenters. The molecule has 0 radical (unpaired) electrons. The third-order valence-corrected chi connectivity index (χ3v) is 8.67. The minimum atomic E-state index is -5.02. The molecule has 2 fully saturated rings. The van der Waals surface area contributed by atoms with Crippen molar-refractivity contribution in [1.82, 2.24) is 10.2 Å². The molecule has 0 spiro atoms. The van der Waals surface area contributed by atoms with Crippen molar-refractivity contribution >= 4 is 23.8 Å². The second-order valence-electron chi connectivity index (χ2n) is 14.8. The highest BCUT2D eigenvalue weighted by atomic mass is 19.4. The standard InChI is InChI=1S/C36H48F3N3O5/c1-8-9-10-12-24-19-23(15-16-27(24)40-30(43)36(37,38)39)20-28(41-31(44)47-34(5,6)7)29-22-42(32(45)46-29)35(17-18-35)26-14-11-13-25(21-26)33(2,3)4/h11,13-16,19,21,28-29H,8-10,12,17-18,20,22H2,1-7H3,(H,40,43)(H,41,44). The van der Waals surface area contributed by atoms with Crippen molar-refractivity contribution in [2.24, 2.45) is 0 Å². The van der Waals surface area contributed by atoms with Gasteiger partial charge in [-0.3, -0.25) is 9.69 Å². The molecule has 1 saturated heterocycles. The summed E-state index contributed by atoms with van der Waals surface area (Å²) >= 11 is 0. The number of ether oxygens (including phenoxy) is 2. The Morgan fingerprint density at radius 3 is 2.34 bits per heavy atom. The van der Waals surface area contributed by atoms with Crippen molar-refractivity contribution in [2.45, 2.75) is 128 Å². The van der Waals surface area contributed by atoms with Crippen molar-refractivity contribution in [2.75, 3.05) is 11.9 Å². The lowest BCUT2D eigenvalue weighted by Gasteiger charge is -2.29. The summed E-state index contributed by atoms with van der Waals surface area (Å²) in [7, 11) is 0. The van der Waals surface area contributed by atoms with Crippen LogP contribution in [0.2, 0.25) is 0 Å². The van der Waals surface area contributed by atoms with Gasteiger partial charge >= 0.3 is 24.3 Å². The van der Waals surface area contributed by atoms with E-state index in [0.717, 1.165) is 37.7 Å². The summed E-state index contributed by atoms with van der Waals surface area (Å²) in [5, 5.41) is 4.91. The van der Waals surface area contributed by atoms with Gasteiger partial charge in [-0.2, -0.15) is 13.2 Å². The van der Waals surface area contributed by atoms with Gasteiger partial charge < -0.3 is 20.1 Å². The quantitative estimate of drug-likeness (QED) is 0.237. The van der Waals surface area contributed by atoms with Crippen molar-refractivity contribution in [3.05, 3.63) is 64.7 Å². The van der Waals surface area contributed by atoms with Crippen molar-refractivity contribution in [1.29, 1.82) is 0 Å². The van der Waals surface area contributed by atoms with Gasteiger partial charge in [0.1, 0.15) is 11.7 Å². The molecule has 1 aliphatic carbocycles. The Morgan fingerprint density at radius 1 is 1.04 bits per heavy atom. The zero-order valence-electron chi connectivity index (χ0n) is 28.5. The number of nitrogens with zero attached hydrogens (tertiary/aromatic N) is 1. The number of nitrogens with one attached hydrogen (secondary N) is 2. The molecule has 1 saturated carbocycles. The number of alkyl carbamates (subject to hydrolysis) is 1. The predicted molar refractivity (Wildman–Crippen MR) is 174 cm³/mol. The molecule has 1 heterocycles. The number of halogens is 3. The van der Waals surface area contributed by atoms with Crippen LogP contribution in [0.25, 0.3) is 0 Å². The van der Waals surface area contributed by atoms with Crippen molar-refractivity contribution < 1.29 is 37.0 Å². The van der Waals surface area contributed by atoms with E-state index in [-0.39, 0.29) is 24.1 Å². The molecular weight excluding hydrogens is 611 g/mol. The Balaban J connectivity index is 1.61. The molecule has 2 aromatic carbocycles. The number of hydrogen-bond acceptors (Lipinski definition) is 5. The van der Waals surface area contributed by atoms with E-state index < -0.39 is 47.6 Å². The number of rotatable bonds is 11. The Bertz CT molecular complexity index is 1460. The number of benzene rings is 2. The van der Waals surface area contributed by atoms with Crippen LogP contribution in [0.3, 0.4) is 0 Å². The maximum Gasteiger partial charge on any atom is 0.471 e. The van der Waals surface area contributed by atoms with Crippen LogP contribution >= 0.6 is 0 Å². The van der Waals surface area contributed by atoms with Crippen LogP contribution in [-0.2, 0) is 38.1 Å². The second kappa shape index (κ2) is 13.8. The van der Waals surface area contributed by atoms with Gasteiger partial charge in [0, 0.05) is 5.69 Å². The third-order valence-electron chi connectivity index (χ3n) is 8.67. The number of hydrogen-bond donors (Lipinski definition) is 2. The smallest absolute Gasteiger partial charge is 0.444 e. The van der Waals surface area contributed by atoms with Crippen molar-refractivity contribution in [3.63, 3.8) is 0 Å². The second-order valence-corrected chi connectivity index (χ2v) is 14.8. The number of anilines is 1. The number of carbonyl (C=O) groups is 3. The topological polar surface area (TPSA) is 97.0 Å². The van der Waals surface area contributed by atoms with Crippen LogP contribution in [0.1, 0.15) is 103 Å². The van der Waals surface area contributed by atoms with Crippen molar-refractivity contribution in [3.8, 4) is 0 Å². The first-order chi connectivity index (χ1) is 21.8. The first-order valence-corrected chi connectivity index (χ1v) is 16.4. The summed E-state index contributed by atoms with van der Waals surface area (Å²) in [6, 6.07) is 12.4. The molecule has 2 N–H and O–H groups in total. The highest BCUT2D eigenvalue weighted by Crippen LogP contribution is 2.53. The van der Waals surface area contributed by atoms with Gasteiger partial charge in [0.2, 0.25) is 0 Å². The first kappa shape index (κ1) is 36.1. The van der Waals surface area contributed by atoms with E-state index in [0.29, 0.717) is 17.5 Å². The van der Waals surface area contributed by atoms with Crippen LogP contribution < -0.4 is 10.6 Å². The lowest BCUT2D eigenvalue weighted by Crippen LogP contribution is -2.48. The van der Waals surface area contributed by atoms with E-state index in [1.54, 1.807) is 37.8 Å². The van der Waals surface area contributed by atoms with Gasteiger partial charge in [-0.1, -0.05) is 76.9 Å². The Kier molecular flexibility index (Phi) is 10.6. The summed E-state index contributed by atoms with van der Waals surface area (Å²) in [6.07, 6.45) is -2.11. The highest BCUT2D eigenvalue weighted by molar-refractivity contribution is 5.95. The lowest BCUT2D eigenvalue weighted by molar-refractivity contribution is -0.167. The largest absolute Gasteiger partial charge is 0.471 e. The van der Waals surface area contributed by atoms with Gasteiger partial charge in [0.25, 0.3) is 0 Å². The highest BCUT2D eigenvalue weighted by Gasteiger charge is 2.56. The SMILES string of the molecule is CCCCCc1cc(CC(NC(=O)OC(C)(C)C)C2CN(C3(c4cccc(C(C)(C)C)c4)CC3)C(=O)O2)ccc1NC(=O)C(F)(F)F. The summed E-state index contributed by atoms with van der Waals surface area (Å²) in [6.45, 7) is 13.9. The maximum atomic E-state index is 13.5. The summed E-state index contributed by atoms with van der Waals surface area (Å²) in [4.78, 5) is 40.0. The van der Waals surface area contributed by atoms with Crippen LogP contribution in [0.4, 0.5) is 28.4 Å². The third kappa shape index (κ3) is 9.20. The number of unbranched alkanes of at least 4 members (excludes halogenated alkanes) is 2. The molecule has 0 aromatic heterocycles. The van der Waals surface area contributed by atoms with E-state index in [2.05, 4.69) is 38.2 Å².